The highest BCUT2D eigenvalue weighted by Crippen LogP contribution is 2.30. The number of carbonyl (C=O) groups excluding carboxylic acids is 1. The summed E-state index contributed by atoms with van der Waals surface area (Å²) < 4.78 is 5.39. The van der Waals surface area contributed by atoms with Crippen molar-refractivity contribution in [2.75, 3.05) is 44.3 Å². The highest BCUT2D eigenvalue weighted by Gasteiger charge is 2.23. The summed E-state index contributed by atoms with van der Waals surface area (Å²) in [5, 5.41) is 12.5. The Balaban J connectivity index is 1.53. The third kappa shape index (κ3) is 5.09. The van der Waals surface area contributed by atoms with Crippen LogP contribution in [-0.4, -0.2) is 55.4 Å². The molecule has 0 bridgehead atoms. The molecule has 1 aliphatic heterocycles. The van der Waals surface area contributed by atoms with Crippen molar-refractivity contribution >= 4 is 23.3 Å². The maximum absolute atomic E-state index is 12.6. The minimum absolute atomic E-state index is 0.0346. The first-order valence-corrected chi connectivity index (χ1v) is 9.85. The first-order chi connectivity index (χ1) is 13.6. The molecule has 1 aliphatic rings. The van der Waals surface area contributed by atoms with Gasteiger partial charge in [0.25, 0.3) is 0 Å². The molecule has 0 spiro atoms. The SMILES string of the molecule is CC(NC(=O)N1CCN(c2ccc(OCCO)cc2Cl)CC1)c1ccccc1. The van der Waals surface area contributed by atoms with Crippen molar-refractivity contribution in [2.24, 2.45) is 0 Å². The zero-order chi connectivity index (χ0) is 19.9. The fourth-order valence-corrected chi connectivity index (χ4v) is 3.54. The molecule has 0 saturated carbocycles. The van der Waals surface area contributed by atoms with Crippen molar-refractivity contribution in [1.29, 1.82) is 0 Å². The van der Waals surface area contributed by atoms with Gasteiger partial charge in [0, 0.05) is 32.2 Å². The number of hydrogen-bond acceptors (Lipinski definition) is 4. The van der Waals surface area contributed by atoms with Crippen LogP contribution in [0.15, 0.2) is 48.5 Å². The standard InChI is InChI=1S/C21H26ClN3O3/c1-16(17-5-3-2-4-6-17)23-21(27)25-11-9-24(10-12-25)20-8-7-18(15-19(20)22)28-14-13-26/h2-8,15-16,26H,9-14H2,1H3,(H,23,27). The van der Waals surface area contributed by atoms with Gasteiger partial charge >= 0.3 is 6.03 Å². The first kappa shape index (κ1) is 20.3. The average molecular weight is 404 g/mol. The third-order valence-electron chi connectivity index (χ3n) is 4.83. The minimum Gasteiger partial charge on any atom is -0.491 e. The van der Waals surface area contributed by atoms with Crippen LogP contribution in [0.3, 0.4) is 0 Å². The second kappa shape index (κ2) is 9.66. The third-order valence-corrected chi connectivity index (χ3v) is 5.13. The van der Waals surface area contributed by atoms with Crippen LogP contribution in [0, 0.1) is 0 Å². The molecule has 1 heterocycles. The first-order valence-electron chi connectivity index (χ1n) is 9.47. The van der Waals surface area contributed by atoms with E-state index < -0.39 is 0 Å². The number of carbonyl (C=O) groups is 1. The quantitative estimate of drug-likeness (QED) is 0.776. The predicted molar refractivity (Wildman–Crippen MR) is 111 cm³/mol. The second-order valence-corrected chi connectivity index (χ2v) is 7.15. The molecule has 1 unspecified atom stereocenters. The summed E-state index contributed by atoms with van der Waals surface area (Å²) in [5.74, 6) is 0.635. The van der Waals surface area contributed by atoms with E-state index in [1.807, 2.05) is 54.3 Å². The lowest BCUT2D eigenvalue weighted by Gasteiger charge is -2.37. The Kier molecular flexibility index (Phi) is 7.01. The number of halogens is 1. The molecule has 2 amide bonds. The van der Waals surface area contributed by atoms with Crippen LogP contribution < -0.4 is 15.0 Å². The summed E-state index contributed by atoms with van der Waals surface area (Å²) >= 11 is 6.40. The lowest BCUT2D eigenvalue weighted by atomic mass is 10.1. The summed E-state index contributed by atoms with van der Waals surface area (Å²) in [6.45, 7) is 4.88. The highest BCUT2D eigenvalue weighted by molar-refractivity contribution is 6.33. The summed E-state index contributed by atoms with van der Waals surface area (Å²) in [5.41, 5.74) is 2.01. The van der Waals surface area contributed by atoms with E-state index in [1.54, 1.807) is 6.07 Å². The summed E-state index contributed by atoms with van der Waals surface area (Å²) in [4.78, 5) is 16.6. The molecule has 0 aromatic heterocycles. The van der Waals surface area contributed by atoms with Crippen LogP contribution in [0.1, 0.15) is 18.5 Å². The Labute approximate surface area is 170 Å². The molecule has 28 heavy (non-hydrogen) atoms. The molecular formula is C21H26ClN3O3. The molecule has 2 aromatic rings. The van der Waals surface area contributed by atoms with Gasteiger partial charge in [0.15, 0.2) is 0 Å². The van der Waals surface area contributed by atoms with E-state index in [-0.39, 0.29) is 25.3 Å². The molecule has 7 heteroatoms. The van der Waals surface area contributed by atoms with Gasteiger partial charge in [-0.1, -0.05) is 41.9 Å². The lowest BCUT2D eigenvalue weighted by molar-refractivity contribution is 0.191. The fourth-order valence-electron chi connectivity index (χ4n) is 3.25. The van der Waals surface area contributed by atoms with Gasteiger partial charge in [0.2, 0.25) is 0 Å². The van der Waals surface area contributed by atoms with Gasteiger partial charge in [-0.15, -0.1) is 0 Å². The zero-order valence-electron chi connectivity index (χ0n) is 16.0. The number of aliphatic hydroxyl groups excluding tert-OH is 1. The Morgan fingerprint density at radius 2 is 1.89 bits per heavy atom. The fraction of sp³-hybridized carbons (Fsp3) is 0.381. The van der Waals surface area contributed by atoms with Gasteiger partial charge < -0.3 is 25.0 Å². The average Bonchev–Trinajstić information content (AvgIpc) is 2.73. The van der Waals surface area contributed by atoms with E-state index >= 15 is 0 Å². The van der Waals surface area contributed by atoms with Crippen molar-refractivity contribution in [3.05, 3.63) is 59.1 Å². The highest BCUT2D eigenvalue weighted by atomic mass is 35.5. The van der Waals surface area contributed by atoms with E-state index in [4.69, 9.17) is 21.4 Å². The number of anilines is 1. The smallest absolute Gasteiger partial charge is 0.317 e. The topological polar surface area (TPSA) is 65.0 Å². The van der Waals surface area contributed by atoms with E-state index in [1.165, 1.54) is 0 Å². The van der Waals surface area contributed by atoms with E-state index in [9.17, 15) is 4.79 Å². The van der Waals surface area contributed by atoms with Crippen LogP contribution in [-0.2, 0) is 0 Å². The van der Waals surface area contributed by atoms with E-state index in [0.29, 0.717) is 37.0 Å². The van der Waals surface area contributed by atoms with Crippen LogP contribution in [0.25, 0.3) is 0 Å². The molecule has 0 aliphatic carbocycles. The summed E-state index contributed by atoms with van der Waals surface area (Å²) in [6, 6.07) is 15.4. The molecule has 3 rings (SSSR count). The van der Waals surface area contributed by atoms with Crippen LogP contribution in [0.5, 0.6) is 5.75 Å². The maximum atomic E-state index is 12.6. The van der Waals surface area contributed by atoms with Gasteiger partial charge in [-0.2, -0.15) is 0 Å². The number of aliphatic hydroxyl groups is 1. The molecule has 2 aromatic carbocycles. The number of nitrogens with zero attached hydrogens (tertiary/aromatic N) is 2. The van der Waals surface area contributed by atoms with Crippen LogP contribution in [0.4, 0.5) is 10.5 Å². The number of rotatable bonds is 6. The van der Waals surface area contributed by atoms with Crippen LogP contribution >= 0.6 is 11.6 Å². The molecule has 1 atom stereocenters. The van der Waals surface area contributed by atoms with Crippen molar-refractivity contribution in [3.63, 3.8) is 0 Å². The number of urea groups is 1. The number of ether oxygens (including phenoxy) is 1. The molecule has 6 nitrogen and oxygen atoms in total. The van der Waals surface area contributed by atoms with Crippen molar-refractivity contribution < 1.29 is 14.6 Å². The van der Waals surface area contributed by atoms with Crippen molar-refractivity contribution in [1.82, 2.24) is 10.2 Å². The van der Waals surface area contributed by atoms with E-state index in [2.05, 4.69) is 10.2 Å². The molecule has 0 radical (unpaired) electrons. The van der Waals surface area contributed by atoms with Gasteiger partial charge in [0.1, 0.15) is 12.4 Å². The number of piperazine rings is 1. The summed E-state index contributed by atoms with van der Waals surface area (Å²) in [6.07, 6.45) is 0. The zero-order valence-corrected chi connectivity index (χ0v) is 16.7. The van der Waals surface area contributed by atoms with Crippen molar-refractivity contribution in [2.45, 2.75) is 13.0 Å². The van der Waals surface area contributed by atoms with Gasteiger partial charge in [-0.25, -0.2) is 4.79 Å². The molecule has 150 valence electrons. The molecule has 2 N–H and O–H groups in total. The Hall–Kier alpha value is -2.44. The second-order valence-electron chi connectivity index (χ2n) is 6.74. The Morgan fingerprint density at radius 1 is 1.18 bits per heavy atom. The monoisotopic (exact) mass is 403 g/mol. The normalized spacial score (nSPS) is 15.2. The molecule has 1 fully saturated rings. The maximum Gasteiger partial charge on any atom is 0.317 e. The number of hydrogen-bond donors (Lipinski definition) is 2. The largest absolute Gasteiger partial charge is 0.491 e. The minimum atomic E-state index is -0.0464. The summed E-state index contributed by atoms with van der Waals surface area (Å²) in [7, 11) is 0. The predicted octanol–water partition coefficient (Wildman–Crippen LogP) is 3.30. The lowest BCUT2D eigenvalue weighted by Crippen LogP contribution is -2.52. The molecule has 1 saturated heterocycles. The Bertz CT molecular complexity index is 780. The van der Waals surface area contributed by atoms with Gasteiger partial charge in [0.05, 0.1) is 23.4 Å². The number of nitrogens with one attached hydrogen (secondary N) is 1. The van der Waals surface area contributed by atoms with Gasteiger partial charge in [-0.3, -0.25) is 0 Å². The van der Waals surface area contributed by atoms with E-state index in [0.717, 1.165) is 11.3 Å². The van der Waals surface area contributed by atoms with Gasteiger partial charge in [-0.05, 0) is 24.6 Å². The van der Waals surface area contributed by atoms with Crippen molar-refractivity contribution in [3.8, 4) is 5.75 Å². The molecular weight excluding hydrogens is 378 g/mol. The van der Waals surface area contributed by atoms with Crippen LogP contribution in [0.2, 0.25) is 5.02 Å². The number of amides is 2. The Morgan fingerprint density at radius 3 is 2.54 bits per heavy atom. The number of benzene rings is 2.